The monoisotopic (exact) mass is 435 g/mol. The molecule has 0 aromatic heterocycles. The highest BCUT2D eigenvalue weighted by Gasteiger charge is 2.44. The normalized spacial score (nSPS) is 31.8. The van der Waals surface area contributed by atoms with Gasteiger partial charge in [-0.3, -0.25) is 4.99 Å². The van der Waals surface area contributed by atoms with E-state index in [0.717, 1.165) is 44.1 Å². The van der Waals surface area contributed by atoms with Gasteiger partial charge in [-0.25, -0.2) is 0 Å². The van der Waals surface area contributed by atoms with Gasteiger partial charge in [0.15, 0.2) is 5.96 Å². The van der Waals surface area contributed by atoms with Gasteiger partial charge >= 0.3 is 0 Å². The standard InChI is InChI=1S/C18H33N3O.HI/c1-3-22-13-14-9-10-21(12-14)18(19-2)20-17-11-16(17)15-7-5-4-6-8-15;/h14-17H,3-13H2,1-2H3,(H,19,20);1H. The SMILES string of the molecule is CCOCC1CCN(C(=NC)NC2CC2C2CCCCC2)C1.I. The topological polar surface area (TPSA) is 36.9 Å². The fourth-order valence-electron chi connectivity index (χ4n) is 4.37. The maximum atomic E-state index is 5.58. The van der Waals surface area contributed by atoms with Crippen LogP contribution >= 0.6 is 24.0 Å². The molecule has 1 saturated heterocycles. The van der Waals surface area contributed by atoms with Crippen LogP contribution < -0.4 is 5.32 Å². The Labute approximate surface area is 158 Å². The largest absolute Gasteiger partial charge is 0.381 e. The van der Waals surface area contributed by atoms with Gasteiger partial charge < -0.3 is 15.0 Å². The fraction of sp³-hybridized carbons (Fsp3) is 0.944. The molecule has 5 heteroatoms. The van der Waals surface area contributed by atoms with Crippen LogP contribution in [0.5, 0.6) is 0 Å². The molecule has 2 aliphatic carbocycles. The van der Waals surface area contributed by atoms with Gasteiger partial charge in [0.1, 0.15) is 0 Å². The molecule has 4 nitrogen and oxygen atoms in total. The van der Waals surface area contributed by atoms with Crippen LogP contribution in [0.2, 0.25) is 0 Å². The Kier molecular flexibility index (Phi) is 7.92. The maximum absolute atomic E-state index is 5.58. The first kappa shape index (κ1) is 19.3. The number of hydrogen-bond donors (Lipinski definition) is 1. The van der Waals surface area contributed by atoms with Gasteiger partial charge in [0, 0.05) is 38.7 Å². The Balaban J connectivity index is 0.00000192. The van der Waals surface area contributed by atoms with Crippen molar-refractivity contribution < 1.29 is 4.74 Å². The van der Waals surface area contributed by atoms with Crippen molar-refractivity contribution in [3.63, 3.8) is 0 Å². The number of aliphatic imine (C=N–C) groups is 1. The number of nitrogens with zero attached hydrogens (tertiary/aromatic N) is 2. The second-order valence-corrected chi connectivity index (χ2v) is 7.36. The van der Waals surface area contributed by atoms with Crippen molar-refractivity contribution in [2.24, 2.45) is 22.7 Å². The summed E-state index contributed by atoms with van der Waals surface area (Å²) in [5, 5.41) is 3.74. The third kappa shape index (κ3) is 5.21. The first-order chi connectivity index (χ1) is 10.8. The van der Waals surface area contributed by atoms with Crippen LogP contribution in [-0.2, 0) is 4.74 Å². The molecule has 1 aliphatic heterocycles. The van der Waals surface area contributed by atoms with E-state index in [-0.39, 0.29) is 24.0 Å². The van der Waals surface area contributed by atoms with Gasteiger partial charge in [-0.15, -0.1) is 24.0 Å². The summed E-state index contributed by atoms with van der Waals surface area (Å²) in [5.41, 5.74) is 0. The Hall–Kier alpha value is -0.0400. The minimum absolute atomic E-state index is 0. The Morgan fingerprint density at radius 2 is 2.00 bits per heavy atom. The summed E-state index contributed by atoms with van der Waals surface area (Å²) in [7, 11) is 1.93. The zero-order valence-corrected chi connectivity index (χ0v) is 17.1. The van der Waals surface area contributed by atoms with E-state index in [9.17, 15) is 0 Å². The van der Waals surface area contributed by atoms with Crippen molar-refractivity contribution in [3.05, 3.63) is 0 Å². The second-order valence-electron chi connectivity index (χ2n) is 7.36. The summed E-state index contributed by atoms with van der Waals surface area (Å²) >= 11 is 0. The lowest BCUT2D eigenvalue weighted by Gasteiger charge is -2.24. The number of rotatable bonds is 5. The molecule has 3 aliphatic rings. The molecule has 23 heavy (non-hydrogen) atoms. The third-order valence-electron chi connectivity index (χ3n) is 5.76. The first-order valence-corrected chi connectivity index (χ1v) is 9.37. The predicted octanol–water partition coefficient (Wildman–Crippen LogP) is 3.51. The van der Waals surface area contributed by atoms with Gasteiger partial charge in [0.2, 0.25) is 0 Å². The third-order valence-corrected chi connectivity index (χ3v) is 5.76. The van der Waals surface area contributed by atoms with E-state index in [1.807, 2.05) is 7.05 Å². The van der Waals surface area contributed by atoms with Gasteiger partial charge in [-0.05, 0) is 31.6 Å². The van der Waals surface area contributed by atoms with Crippen molar-refractivity contribution in [2.75, 3.05) is 33.4 Å². The number of guanidine groups is 1. The molecular formula is C18H34IN3O. The summed E-state index contributed by atoms with van der Waals surface area (Å²) in [6.07, 6.45) is 9.88. The van der Waals surface area contributed by atoms with Crippen LogP contribution in [0.4, 0.5) is 0 Å². The van der Waals surface area contributed by atoms with E-state index in [1.54, 1.807) is 0 Å². The molecule has 134 valence electrons. The molecular weight excluding hydrogens is 401 g/mol. The molecule has 0 radical (unpaired) electrons. The highest BCUT2D eigenvalue weighted by molar-refractivity contribution is 14.0. The van der Waals surface area contributed by atoms with Crippen LogP contribution in [0, 0.1) is 17.8 Å². The lowest BCUT2D eigenvalue weighted by atomic mass is 9.85. The average molecular weight is 435 g/mol. The van der Waals surface area contributed by atoms with Crippen LogP contribution in [0.25, 0.3) is 0 Å². The molecule has 1 N–H and O–H groups in total. The molecule has 3 unspecified atom stereocenters. The number of halogens is 1. The number of nitrogens with one attached hydrogen (secondary N) is 1. The van der Waals surface area contributed by atoms with Crippen molar-refractivity contribution in [1.29, 1.82) is 0 Å². The molecule has 0 amide bonds. The Morgan fingerprint density at radius 3 is 2.70 bits per heavy atom. The average Bonchev–Trinajstić information content (AvgIpc) is 3.18. The molecule has 0 aromatic rings. The summed E-state index contributed by atoms with van der Waals surface area (Å²) in [4.78, 5) is 6.97. The minimum Gasteiger partial charge on any atom is -0.381 e. The Morgan fingerprint density at radius 1 is 1.22 bits per heavy atom. The zero-order chi connectivity index (χ0) is 15.4. The van der Waals surface area contributed by atoms with Gasteiger partial charge in [-0.2, -0.15) is 0 Å². The van der Waals surface area contributed by atoms with Crippen LogP contribution in [0.3, 0.4) is 0 Å². The van der Waals surface area contributed by atoms with E-state index >= 15 is 0 Å². The van der Waals surface area contributed by atoms with Crippen molar-refractivity contribution in [3.8, 4) is 0 Å². The van der Waals surface area contributed by atoms with Gasteiger partial charge in [-0.1, -0.05) is 32.1 Å². The summed E-state index contributed by atoms with van der Waals surface area (Å²) < 4.78 is 5.58. The van der Waals surface area contributed by atoms with Crippen molar-refractivity contribution in [1.82, 2.24) is 10.2 Å². The molecule has 0 spiro atoms. The van der Waals surface area contributed by atoms with E-state index in [4.69, 9.17) is 4.74 Å². The minimum atomic E-state index is 0. The molecule has 3 atom stereocenters. The quantitative estimate of drug-likeness (QED) is 0.408. The van der Waals surface area contributed by atoms with E-state index in [2.05, 4.69) is 22.1 Å². The van der Waals surface area contributed by atoms with E-state index < -0.39 is 0 Å². The Bertz CT molecular complexity index is 384. The molecule has 2 saturated carbocycles. The van der Waals surface area contributed by atoms with E-state index in [1.165, 1.54) is 44.9 Å². The zero-order valence-electron chi connectivity index (χ0n) is 14.8. The first-order valence-electron chi connectivity index (χ1n) is 9.37. The number of ether oxygens (including phenoxy) is 1. The maximum Gasteiger partial charge on any atom is 0.193 e. The summed E-state index contributed by atoms with van der Waals surface area (Å²) in [6, 6.07) is 0.688. The summed E-state index contributed by atoms with van der Waals surface area (Å²) in [5.74, 6) is 3.70. The highest BCUT2D eigenvalue weighted by Crippen LogP contribution is 2.44. The molecule has 0 aromatic carbocycles. The van der Waals surface area contributed by atoms with Crippen LogP contribution in [0.1, 0.15) is 51.9 Å². The van der Waals surface area contributed by atoms with Crippen LogP contribution in [-0.4, -0.2) is 50.3 Å². The van der Waals surface area contributed by atoms with Crippen LogP contribution in [0.15, 0.2) is 4.99 Å². The molecule has 1 heterocycles. The fourth-order valence-corrected chi connectivity index (χ4v) is 4.37. The smallest absolute Gasteiger partial charge is 0.193 e. The highest BCUT2D eigenvalue weighted by atomic mass is 127. The lowest BCUT2D eigenvalue weighted by Crippen LogP contribution is -2.42. The summed E-state index contributed by atoms with van der Waals surface area (Å²) in [6.45, 7) is 6.02. The predicted molar refractivity (Wildman–Crippen MR) is 107 cm³/mol. The number of likely N-dealkylation sites (tertiary alicyclic amines) is 1. The lowest BCUT2D eigenvalue weighted by molar-refractivity contribution is 0.114. The molecule has 3 fully saturated rings. The number of hydrogen-bond acceptors (Lipinski definition) is 2. The molecule has 0 bridgehead atoms. The van der Waals surface area contributed by atoms with Crippen molar-refractivity contribution >= 4 is 29.9 Å². The van der Waals surface area contributed by atoms with Gasteiger partial charge in [0.05, 0.1) is 6.61 Å². The second kappa shape index (κ2) is 9.44. The molecule has 3 rings (SSSR count). The van der Waals surface area contributed by atoms with E-state index in [0.29, 0.717) is 12.0 Å². The van der Waals surface area contributed by atoms with Gasteiger partial charge in [0.25, 0.3) is 0 Å². The van der Waals surface area contributed by atoms with Crippen molar-refractivity contribution in [2.45, 2.75) is 57.9 Å².